The van der Waals surface area contributed by atoms with Gasteiger partial charge in [-0.25, -0.2) is 8.42 Å². The Morgan fingerprint density at radius 3 is 2.56 bits per heavy atom. The van der Waals surface area contributed by atoms with Crippen molar-refractivity contribution in [3.05, 3.63) is 30.3 Å². The van der Waals surface area contributed by atoms with Crippen LogP contribution in [-0.4, -0.2) is 32.7 Å². The molecule has 5 heteroatoms. The van der Waals surface area contributed by atoms with Crippen LogP contribution in [0.1, 0.15) is 59.3 Å². The van der Waals surface area contributed by atoms with Crippen LogP contribution < -0.4 is 0 Å². The topological polar surface area (TPSA) is 52.6 Å². The quantitative estimate of drug-likeness (QED) is 0.640. The van der Waals surface area contributed by atoms with Crippen LogP contribution in [0.3, 0.4) is 0 Å². The smallest absolute Gasteiger partial charge is 0.178 e. The number of sulfone groups is 1. The van der Waals surface area contributed by atoms with Crippen molar-refractivity contribution in [2.24, 2.45) is 5.92 Å². The summed E-state index contributed by atoms with van der Waals surface area (Å²) >= 11 is 0. The number of unbranched alkanes of at least 4 members (excludes halogenated alkanes) is 1. The molecule has 1 aliphatic heterocycles. The Bertz CT molecular complexity index is 604. The third-order valence-corrected chi connectivity index (χ3v) is 6.82. The molecule has 0 saturated carbocycles. The highest BCUT2D eigenvalue weighted by molar-refractivity contribution is 7.91. The molecule has 0 aromatic heterocycles. The van der Waals surface area contributed by atoms with Crippen LogP contribution in [0.4, 0.5) is 0 Å². The molecule has 0 spiro atoms. The molecule has 142 valence electrons. The van der Waals surface area contributed by atoms with Gasteiger partial charge in [-0.3, -0.25) is 0 Å². The Morgan fingerprint density at radius 1 is 1.24 bits per heavy atom. The average molecular weight is 369 g/mol. The monoisotopic (exact) mass is 368 g/mol. The molecule has 1 fully saturated rings. The summed E-state index contributed by atoms with van der Waals surface area (Å²) in [6.07, 6.45) is 5.71. The Kier molecular flexibility index (Phi) is 7.47. The van der Waals surface area contributed by atoms with Gasteiger partial charge in [0.1, 0.15) is 0 Å². The first-order valence-corrected chi connectivity index (χ1v) is 11.1. The maximum Gasteiger partial charge on any atom is 0.178 e. The van der Waals surface area contributed by atoms with Crippen molar-refractivity contribution in [3.8, 4) is 0 Å². The molecule has 4 nitrogen and oxygen atoms in total. The summed E-state index contributed by atoms with van der Waals surface area (Å²) in [6, 6.07) is 8.71. The third kappa shape index (κ3) is 6.08. The fraction of sp³-hybridized carbons (Fsp3) is 0.700. The minimum Gasteiger partial charge on any atom is -0.353 e. The lowest BCUT2D eigenvalue weighted by molar-refractivity contribution is -0.228. The molecule has 1 heterocycles. The zero-order valence-corrected chi connectivity index (χ0v) is 16.6. The Balaban J connectivity index is 2.13. The van der Waals surface area contributed by atoms with Gasteiger partial charge >= 0.3 is 0 Å². The molecule has 0 amide bonds. The lowest BCUT2D eigenvalue weighted by atomic mass is 9.87. The molecular formula is C20H32O4S. The number of benzene rings is 1. The molecule has 1 unspecified atom stereocenters. The molecule has 0 aliphatic carbocycles. The fourth-order valence-electron chi connectivity index (χ4n) is 3.31. The Hall–Kier alpha value is -0.910. The molecule has 1 aromatic carbocycles. The molecular weight excluding hydrogens is 336 g/mol. The number of hydrogen-bond donors (Lipinski definition) is 0. The maximum atomic E-state index is 12.9. The maximum absolute atomic E-state index is 12.9. The standard InChI is InChI=1S/C20H32O4S/c1-4-5-11-17(16-25(21,22)18-12-7-6-8-13-18)20(2,3)24-19-14-9-10-15-23-19/h6-8,12-13,17,19H,4-5,9-11,14-16H2,1-3H3/t17-,19?/m1/s1. The van der Waals surface area contributed by atoms with Crippen molar-refractivity contribution in [3.63, 3.8) is 0 Å². The van der Waals surface area contributed by atoms with Crippen LogP contribution in [0.25, 0.3) is 0 Å². The van der Waals surface area contributed by atoms with E-state index >= 15 is 0 Å². The number of rotatable bonds is 9. The average Bonchev–Trinajstić information content (AvgIpc) is 2.59. The van der Waals surface area contributed by atoms with Crippen molar-refractivity contribution in [2.45, 2.75) is 76.1 Å². The summed E-state index contributed by atoms with van der Waals surface area (Å²) in [5.74, 6) is 0.0414. The van der Waals surface area contributed by atoms with Crippen LogP contribution >= 0.6 is 0 Å². The van der Waals surface area contributed by atoms with Gasteiger partial charge in [-0.05, 0) is 51.7 Å². The summed E-state index contributed by atoms with van der Waals surface area (Å²) < 4.78 is 37.7. The van der Waals surface area contributed by atoms with Gasteiger partial charge in [-0.1, -0.05) is 38.0 Å². The van der Waals surface area contributed by atoms with Gasteiger partial charge < -0.3 is 9.47 Å². The van der Waals surface area contributed by atoms with E-state index in [2.05, 4.69) is 6.92 Å². The van der Waals surface area contributed by atoms with Crippen LogP contribution in [0.15, 0.2) is 35.2 Å². The van der Waals surface area contributed by atoms with Gasteiger partial charge in [-0.2, -0.15) is 0 Å². The van der Waals surface area contributed by atoms with Crippen LogP contribution in [0.2, 0.25) is 0 Å². The van der Waals surface area contributed by atoms with Crippen molar-refractivity contribution >= 4 is 9.84 Å². The molecule has 1 aromatic rings. The fourth-order valence-corrected chi connectivity index (χ4v) is 5.17. The molecule has 1 aliphatic rings. The first-order valence-electron chi connectivity index (χ1n) is 9.42. The predicted molar refractivity (Wildman–Crippen MR) is 100 cm³/mol. The largest absolute Gasteiger partial charge is 0.353 e. The van der Waals surface area contributed by atoms with E-state index in [1.54, 1.807) is 24.3 Å². The van der Waals surface area contributed by atoms with Gasteiger partial charge in [0, 0.05) is 12.5 Å². The van der Waals surface area contributed by atoms with E-state index in [4.69, 9.17) is 9.47 Å². The van der Waals surface area contributed by atoms with E-state index in [-0.39, 0.29) is 18.0 Å². The summed E-state index contributed by atoms with van der Waals surface area (Å²) in [5, 5.41) is 0. The van der Waals surface area contributed by atoms with Crippen molar-refractivity contribution in [2.75, 3.05) is 12.4 Å². The van der Waals surface area contributed by atoms with E-state index in [1.165, 1.54) is 0 Å². The zero-order valence-electron chi connectivity index (χ0n) is 15.7. The highest BCUT2D eigenvalue weighted by atomic mass is 32.2. The summed E-state index contributed by atoms with van der Waals surface area (Å²) in [6.45, 7) is 6.86. The first kappa shape index (κ1) is 20.4. The second-order valence-electron chi connectivity index (χ2n) is 7.45. The second kappa shape index (κ2) is 9.15. The SMILES string of the molecule is CCCC[C@H](CS(=O)(=O)c1ccccc1)C(C)(C)OC1CCCCO1. The predicted octanol–water partition coefficient (Wildman–Crippen LogP) is 4.59. The van der Waals surface area contributed by atoms with Gasteiger partial charge in [0.05, 0.1) is 16.2 Å². The van der Waals surface area contributed by atoms with Crippen molar-refractivity contribution in [1.29, 1.82) is 0 Å². The van der Waals surface area contributed by atoms with E-state index in [1.807, 2.05) is 19.9 Å². The molecule has 0 N–H and O–H groups in total. The second-order valence-corrected chi connectivity index (χ2v) is 9.49. The molecule has 2 rings (SSSR count). The van der Waals surface area contributed by atoms with Crippen LogP contribution in [0.5, 0.6) is 0 Å². The van der Waals surface area contributed by atoms with E-state index in [0.29, 0.717) is 4.90 Å². The van der Waals surface area contributed by atoms with E-state index < -0.39 is 15.4 Å². The van der Waals surface area contributed by atoms with Crippen LogP contribution in [0, 0.1) is 5.92 Å². The number of ether oxygens (including phenoxy) is 2. The normalized spacial score (nSPS) is 20.4. The Morgan fingerprint density at radius 2 is 1.96 bits per heavy atom. The first-order chi connectivity index (χ1) is 11.8. The van der Waals surface area contributed by atoms with E-state index in [0.717, 1.165) is 45.1 Å². The van der Waals surface area contributed by atoms with Gasteiger partial charge in [0.25, 0.3) is 0 Å². The van der Waals surface area contributed by atoms with Crippen molar-refractivity contribution in [1.82, 2.24) is 0 Å². The molecule has 1 saturated heterocycles. The van der Waals surface area contributed by atoms with Gasteiger partial charge in [0.2, 0.25) is 0 Å². The third-order valence-electron chi connectivity index (χ3n) is 4.99. The molecule has 2 atom stereocenters. The molecule has 25 heavy (non-hydrogen) atoms. The highest BCUT2D eigenvalue weighted by Gasteiger charge is 2.36. The summed E-state index contributed by atoms with van der Waals surface area (Å²) in [7, 11) is -3.33. The zero-order chi connectivity index (χ0) is 18.3. The minimum atomic E-state index is -3.33. The summed E-state index contributed by atoms with van der Waals surface area (Å²) in [5.41, 5.74) is -0.543. The molecule has 0 radical (unpaired) electrons. The van der Waals surface area contributed by atoms with Gasteiger partial charge in [0.15, 0.2) is 16.1 Å². The minimum absolute atomic E-state index is 0.0665. The van der Waals surface area contributed by atoms with Gasteiger partial charge in [-0.15, -0.1) is 0 Å². The lowest BCUT2D eigenvalue weighted by Crippen LogP contribution is -2.43. The van der Waals surface area contributed by atoms with Crippen LogP contribution in [-0.2, 0) is 19.3 Å². The number of hydrogen-bond acceptors (Lipinski definition) is 4. The Labute approximate surface area is 152 Å². The highest BCUT2D eigenvalue weighted by Crippen LogP contribution is 2.32. The lowest BCUT2D eigenvalue weighted by Gasteiger charge is -2.38. The summed E-state index contributed by atoms with van der Waals surface area (Å²) in [4.78, 5) is 0.390. The van der Waals surface area contributed by atoms with E-state index in [9.17, 15) is 8.42 Å². The molecule has 0 bridgehead atoms. The van der Waals surface area contributed by atoms with Crippen molar-refractivity contribution < 1.29 is 17.9 Å².